The zero-order valence-electron chi connectivity index (χ0n) is 16.0. The molecule has 0 aliphatic carbocycles. The summed E-state index contributed by atoms with van der Waals surface area (Å²) in [4.78, 5) is 18.5. The van der Waals surface area contributed by atoms with Crippen molar-refractivity contribution in [3.63, 3.8) is 0 Å². The van der Waals surface area contributed by atoms with Gasteiger partial charge in [0, 0.05) is 50.6 Å². The molecule has 1 aliphatic rings. The molecule has 4 N–H and O–H groups in total. The number of anilines is 4. The van der Waals surface area contributed by atoms with Crippen LogP contribution in [0.3, 0.4) is 0 Å². The molecule has 1 aliphatic heterocycles. The maximum atomic E-state index is 9.14. The van der Waals surface area contributed by atoms with Crippen LogP contribution in [0.25, 0.3) is 11.2 Å². The lowest BCUT2D eigenvalue weighted by atomic mass is 10.3. The number of aliphatic hydroxyl groups excluding tert-OH is 1. The second-order valence-corrected chi connectivity index (χ2v) is 6.88. The van der Waals surface area contributed by atoms with E-state index >= 15 is 0 Å². The second kappa shape index (κ2) is 7.99. The number of nitrogens with two attached hydrogens (primary N) is 1. The van der Waals surface area contributed by atoms with Gasteiger partial charge in [0.2, 0.25) is 5.95 Å². The molecule has 0 radical (unpaired) electrons. The van der Waals surface area contributed by atoms with Gasteiger partial charge in [-0.05, 0) is 25.1 Å². The van der Waals surface area contributed by atoms with Crippen LogP contribution < -0.4 is 16.0 Å². The summed E-state index contributed by atoms with van der Waals surface area (Å²) >= 11 is 0. The Balaban J connectivity index is 1.67. The SMILES string of the molecule is CCn1cnc2c(Nc3cccc(N)c3)nc(N3CCN(CCO)CC3)nc21. The monoisotopic (exact) mass is 382 g/mol. The molecule has 4 rings (SSSR count). The Morgan fingerprint density at radius 1 is 1.18 bits per heavy atom. The number of nitrogens with zero attached hydrogens (tertiary/aromatic N) is 6. The summed E-state index contributed by atoms with van der Waals surface area (Å²) in [5, 5.41) is 12.5. The van der Waals surface area contributed by atoms with Crippen LogP contribution in [-0.4, -0.2) is 68.9 Å². The highest BCUT2D eigenvalue weighted by Crippen LogP contribution is 2.26. The molecule has 0 spiro atoms. The number of benzene rings is 1. The molecule has 9 nitrogen and oxygen atoms in total. The molecule has 0 bridgehead atoms. The molecular weight excluding hydrogens is 356 g/mol. The molecule has 0 unspecified atom stereocenters. The Morgan fingerprint density at radius 2 is 2.00 bits per heavy atom. The first kappa shape index (κ1) is 18.5. The lowest BCUT2D eigenvalue weighted by Crippen LogP contribution is -2.47. The van der Waals surface area contributed by atoms with Crippen LogP contribution in [0.1, 0.15) is 6.92 Å². The molecular formula is C19H26N8O. The second-order valence-electron chi connectivity index (χ2n) is 6.88. The Kier molecular flexibility index (Phi) is 5.27. The number of nitrogens with one attached hydrogen (secondary N) is 1. The van der Waals surface area contributed by atoms with Crippen LogP contribution in [0.15, 0.2) is 30.6 Å². The van der Waals surface area contributed by atoms with E-state index in [1.54, 1.807) is 6.33 Å². The van der Waals surface area contributed by atoms with E-state index in [4.69, 9.17) is 20.8 Å². The minimum Gasteiger partial charge on any atom is -0.399 e. The minimum absolute atomic E-state index is 0.187. The zero-order valence-corrected chi connectivity index (χ0v) is 16.0. The molecule has 3 aromatic rings. The van der Waals surface area contributed by atoms with E-state index < -0.39 is 0 Å². The van der Waals surface area contributed by atoms with Crippen molar-refractivity contribution in [2.24, 2.45) is 0 Å². The van der Waals surface area contributed by atoms with E-state index in [2.05, 4.69) is 27.0 Å². The first-order valence-electron chi connectivity index (χ1n) is 9.61. The van der Waals surface area contributed by atoms with Gasteiger partial charge < -0.3 is 25.6 Å². The highest BCUT2D eigenvalue weighted by molar-refractivity contribution is 5.87. The summed E-state index contributed by atoms with van der Waals surface area (Å²) in [5.74, 6) is 1.37. The zero-order chi connectivity index (χ0) is 19.5. The summed E-state index contributed by atoms with van der Waals surface area (Å²) in [7, 11) is 0. The normalized spacial score (nSPS) is 15.3. The number of nitrogen functional groups attached to an aromatic ring is 1. The van der Waals surface area contributed by atoms with Crippen molar-refractivity contribution in [3.05, 3.63) is 30.6 Å². The maximum absolute atomic E-state index is 9.14. The fraction of sp³-hybridized carbons (Fsp3) is 0.421. The lowest BCUT2D eigenvalue weighted by Gasteiger charge is -2.34. The van der Waals surface area contributed by atoms with Gasteiger partial charge >= 0.3 is 0 Å². The Hall–Kier alpha value is -2.91. The van der Waals surface area contributed by atoms with Gasteiger partial charge in [-0.3, -0.25) is 4.90 Å². The van der Waals surface area contributed by atoms with Crippen LogP contribution in [0.5, 0.6) is 0 Å². The number of hydrogen-bond donors (Lipinski definition) is 3. The van der Waals surface area contributed by atoms with Gasteiger partial charge in [0.25, 0.3) is 0 Å². The summed E-state index contributed by atoms with van der Waals surface area (Å²) < 4.78 is 2.02. The summed E-state index contributed by atoms with van der Waals surface area (Å²) in [6, 6.07) is 7.58. The van der Waals surface area contributed by atoms with E-state index in [0.29, 0.717) is 24.0 Å². The largest absolute Gasteiger partial charge is 0.399 e. The Morgan fingerprint density at radius 3 is 2.71 bits per heavy atom. The van der Waals surface area contributed by atoms with E-state index in [1.807, 2.05) is 28.8 Å². The van der Waals surface area contributed by atoms with E-state index in [-0.39, 0.29) is 6.61 Å². The predicted octanol–water partition coefficient (Wildman–Crippen LogP) is 1.29. The van der Waals surface area contributed by atoms with Gasteiger partial charge in [0.1, 0.15) is 0 Å². The van der Waals surface area contributed by atoms with Crippen molar-refractivity contribution >= 4 is 34.3 Å². The quantitative estimate of drug-likeness (QED) is 0.547. The molecule has 1 saturated heterocycles. The molecule has 2 aromatic heterocycles. The van der Waals surface area contributed by atoms with E-state index in [0.717, 1.165) is 49.6 Å². The number of piperazine rings is 1. The van der Waals surface area contributed by atoms with E-state index in [1.165, 1.54) is 0 Å². The first-order chi connectivity index (χ1) is 13.7. The minimum atomic E-state index is 0.187. The van der Waals surface area contributed by atoms with Crippen LogP contribution in [0.4, 0.5) is 23.1 Å². The first-order valence-corrected chi connectivity index (χ1v) is 9.61. The Bertz CT molecular complexity index is 948. The number of rotatable bonds is 6. The molecule has 28 heavy (non-hydrogen) atoms. The van der Waals surface area contributed by atoms with Gasteiger partial charge in [-0.1, -0.05) is 6.07 Å². The highest BCUT2D eigenvalue weighted by atomic mass is 16.3. The number of β-amino-alcohol motifs (C(OH)–C–C–N with tert-alkyl or cyclic N) is 1. The van der Waals surface area contributed by atoms with Crippen molar-refractivity contribution in [1.82, 2.24) is 24.4 Å². The molecule has 0 atom stereocenters. The molecule has 148 valence electrons. The van der Waals surface area contributed by atoms with Gasteiger partial charge in [0.15, 0.2) is 17.0 Å². The van der Waals surface area contributed by atoms with Crippen molar-refractivity contribution in [1.29, 1.82) is 0 Å². The average Bonchev–Trinajstić information content (AvgIpc) is 3.12. The maximum Gasteiger partial charge on any atom is 0.229 e. The van der Waals surface area contributed by atoms with Gasteiger partial charge in [0.05, 0.1) is 12.9 Å². The molecule has 9 heteroatoms. The van der Waals surface area contributed by atoms with Crippen LogP contribution in [0.2, 0.25) is 0 Å². The summed E-state index contributed by atoms with van der Waals surface area (Å²) in [5.41, 5.74) is 9.03. The van der Waals surface area contributed by atoms with Crippen molar-refractivity contribution in [2.45, 2.75) is 13.5 Å². The number of fused-ring (bicyclic) bond motifs is 1. The van der Waals surface area contributed by atoms with Crippen LogP contribution >= 0.6 is 0 Å². The summed E-state index contributed by atoms with van der Waals surface area (Å²) in [6.07, 6.45) is 1.80. The standard InChI is InChI=1S/C19H26N8O/c1-2-26-13-21-16-17(22-15-5-3-4-14(20)12-15)23-19(24-18(16)26)27-8-6-25(7-9-27)10-11-28/h3-5,12-13,28H,2,6-11,20H2,1H3,(H,22,23,24). The van der Waals surface area contributed by atoms with Gasteiger partial charge in [-0.25, -0.2) is 4.98 Å². The topological polar surface area (TPSA) is 108 Å². The third kappa shape index (κ3) is 3.71. The number of hydrogen-bond acceptors (Lipinski definition) is 8. The molecule has 0 amide bonds. The van der Waals surface area contributed by atoms with E-state index in [9.17, 15) is 0 Å². The highest BCUT2D eigenvalue weighted by Gasteiger charge is 2.21. The molecule has 0 saturated carbocycles. The van der Waals surface area contributed by atoms with Gasteiger partial charge in [-0.15, -0.1) is 0 Å². The number of imidazole rings is 1. The van der Waals surface area contributed by atoms with Crippen LogP contribution in [-0.2, 0) is 6.54 Å². The number of aromatic nitrogens is 4. The number of aryl methyl sites for hydroxylation is 1. The lowest BCUT2D eigenvalue weighted by molar-refractivity contribution is 0.188. The van der Waals surface area contributed by atoms with Crippen molar-refractivity contribution in [2.75, 3.05) is 55.3 Å². The third-order valence-corrected chi connectivity index (χ3v) is 5.01. The Labute approximate surface area is 163 Å². The fourth-order valence-electron chi connectivity index (χ4n) is 3.46. The predicted molar refractivity (Wildman–Crippen MR) is 111 cm³/mol. The third-order valence-electron chi connectivity index (χ3n) is 5.01. The molecule has 3 heterocycles. The van der Waals surface area contributed by atoms with Crippen molar-refractivity contribution < 1.29 is 5.11 Å². The smallest absolute Gasteiger partial charge is 0.229 e. The fourth-order valence-corrected chi connectivity index (χ4v) is 3.46. The summed E-state index contributed by atoms with van der Waals surface area (Å²) in [6.45, 7) is 7.16. The number of aliphatic hydroxyl groups is 1. The van der Waals surface area contributed by atoms with Crippen molar-refractivity contribution in [3.8, 4) is 0 Å². The molecule has 1 aromatic carbocycles. The van der Waals surface area contributed by atoms with Crippen LogP contribution in [0, 0.1) is 0 Å². The van der Waals surface area contributed by atoms with Gasteiger partial charge in [-0.2, -0.15) is 9.97 Å². The average molecular weight is 382 g/mol. The molecule has 1 fully saturated rings.